The molecule has 1 aromatic rings. The van der Waals surface area contributed by atoms with Crippen molar-refractivity contribution in [2.24, 2.45) is 16.8 Å². The van der Waals surface area contributed by atoms with Crippen molar-refractivity contribution in [1.82, 2.24) is 4.90 Å². The van der Waals surface area contributed by atoms with Crippen molar-refractivity contribution in [3.05, 3.63) is 33.8 Å². The third kappa shape index (κ3) is 4.72. The highest BCUT2D eigenvalue weighted by Crippen LogP contribution is 2.47. The summed E-state index contributed by atoms with van der Waals surface area (Å²) < 4.78 is 0. The van der Waals surface area contributed by atoms with Crippen LogP contribution in [-0.4, -0.2) is 34.8 Å². The largest absolute Gasteiger partial charge is 0.348 e. The molecule has 0 aromatic heterocycles. The van der Waals surface area contributed by atoms with Crippen LogP contribution in [0.3, 0.4) is 0 Å². The number of amidine groups is 1. The van der Waals surface area contributed by atoms with Crippen molar-refractivity contribution >= 4 is 46.0 Å². The van der Waals surface area contributed by atoms with Crippen LogP contribution in [0, 0.1) is 11.8 Å². The van der Waals surface area contributed by atoms with Gasteiger partial charge in [-0.25, -0.2) is 0 Å². The zero-order valence-electron chi connectivity index (χ0n) is 14.7. The molecule has 0 spiro atoms. The fraction of sp³-hybridized carbons (Fsp3) is 0.579. The van der Waals surface area contributed by atoms with Gasteiger partial charge in [-0.05, 0) is 68.4 Å². The van der Waals surface area contributed by atoms with Crippen molar-refractivity contribution in [3.63, 3.8) is 0 Å². The molecule has 2 aliphatic carbocycles. The normalized spacial score (nSPS) is 17.9. The highest BCUT2D eigenvalue weighted by molar-refractivity contribution is 8.13. The zero-order chi connectivity index (χ0) is 18.0. The number of carbonyl (C=O) groups is 1. The lowest BCUT2D eigenvalue weighted by Gasteiger charge is -2.34. The molecular weight excluding hydrogens is 375 g/mol. The summed E-state index contributed by atoms with van der Waals surface area (Å²) in [6, 6.07) is 5.46. The molecule has 2 fully saturated rings. The molecule has 0 atom stereocenters. The Morgan fingerprint density at radius 2 is 1.92 bits per heavy atom. The molecule has 0 radical (unpaired) electrons. The summed E-state index contributed by atoms with van der Waals surface area (Å²) in [5, 5.41) is 1.69. The summed E-state index contributed by atoms with van der Waals surface area (Å²) >= 11 is 13.7. The molecular formula is C19H24Cl2N2OS. The average Bonchev–Trinajstić information content (AvgIpc) is 3.45. The quantitative estimate of drug-likeness (QED) is 0.451. The van der Waals surface area contributed by atoms with Crippen molar-refractivity contribution in [2.75, 3.05) is 12.8 Å². The average molecular weight is 399 g/mol. The molecule has 0 N–H and O–H groups in total. The maximum absolute atomic E-state index is 12.7. The van der Waals surface area contributed by atoms with Gasteiger partial charge in [-0.2, -0.15) is 4.99 Å². The summed E-state index contributed by atoms with van der Waals surface area (Å²) in [6.07, 6.45) is 8.26. The lowest BCUT2D eigenvalue weighted by atomic mass is 10.1. The van der Waals surface area contributed by atoms with Gasteiger partial charge in [0.15, 0.2) is 5.17 Å². The van der Waals surface area contributed by atoms with Crippen LogP contribution in [0.15, 0.2) is 23.2 Å². The molecule has 0 unspecified atom stereocenters. The lowest BCUT2D eigenvalue weighted by molar-refractivity contribution is 0.100. The van der Waals surface area contributed by atoms with E-state index in [4.69, 9.17) is 23.2 Å². The molecule has 6 heteroatoms. The topological polar surface area (TPSA) is 32.7 Å². The molecule has 2 saturated carbocycles. The van der Waals surface area contributed by atoms with Crippen molar-refractivity contribution < 1.29 is 4.79 Å². The van der Waals surface area contributed by atoms with Gasteiger partial charge in [-0.3, -0.25) is 4.79 Å². The third-order valence-electron chi connectivity index (χ3n) is 4.82. The number of aliphatic imine (C=N–C) groups is 1. The molecule has 0 bridgehead atoms. The Morgan fingerprint density at radius 3 is 2.40 bits per heavy atom. The van der Waals surface area contributed by atoms with Gasteiger partial charge in [0, 0.05) is 17.6 Å². The number of amides is 1. The molecule has 136 valence electrons. The summed E-state index contributed by atoms with van der Waals surface area (Å²) in [7, 11) is 0. The van der Waals surface area contributed by atoms with Gasteiger partial charge in [-0.1, -0.05) is 41.9 Å². The number of carbonyl (C=O) groups excluding carboxylic acids is 1. The highest BCUT2D eigenvalue weighted by Gasteiger charge is 2.45. The summed E-state index contributed by atoms with van der Waals surface area (Å²) in [6.45, 7) is 3.12. The van der Waals surface area contributed by atoms with Gasteiger partial charge in [0.1, 0.15) is 0 Å². The van der Waals surface area contributed by atoms with E-state index in [1.807, 2.05) is 6.26 Å². The Kier molecular flexibility index (Phi) is 6.35. The Labute approximate surface area is 164 Å². The predicted octanol–water partition coefficient (Wildman–Crippen LogP) is 5.75. The second kappa shape index (κ2) is 8.32. The van der Waals surface area contributed by atoms with E-state index in [0.29, 0.717) is 21.7 Å². The number of benzene rings is 1. The summed E-state index contributed by atoms with van der Waals surface area (Å²) in [5.74, 6) is 1.24. The Balaban J connectivity index is 1.86. The molecule has 1 aromatic carbocycles. The molecule has 0 aliphatic heterocycles. The number of hydrogen-bond donors (Lipinski definition) is 0. The van der Waals surface area contributed by atoms with Crippen molar-refractivity contribution in [3.8, 4) is 0 Å². The standard InChI is InChI=1S/C19H24Cl2N2OS/c1-3-10-23(17(12-4-5-12)13-6-7-13)19(25-2)22-18(24)15-9-8-14(20)11-16(15)21/h8-9,11-13,17H,3-7,10H2,1-2H3. The molecule has 2 aliphatic rings. The van der Waals surface area contributed by atoms with Crippen LogP contribution >= 0.6 is 35.0 Å². The fourth-order valence-electron chi connectivity index (χ4n) is 3.42. The van der Waals surface area contributed by atoms with Gasteiger partial charge < -0.3 is 4.90 Å². The third-order valence-corrected chi connectivity index (χ3v) is 6.06. The minimum Gasteiger partial charge on any atom is -0.348 e. The van der Waals surface area contributed by atoms with Crippen LogP contribution < -0.4 is 0 Å². The van der Waals surface area contributed by atoms with Crippen LogP contribution in [0.4, 0.5) is 0 Å². The van der Waals surface area contributed by atoms with Gasteiger partial charge in [0.25, 0.3) is 5.91 Å². The molecule has 3 nitrogen and oxygen atoms in total. The number of rotatable bonds is 6. The van der Waals surface area contributed by atoms with E-state index < -0.39 is 0 Å². The Hall–Kier alpha value is -0.710. The van der Waals surface area contributed by atoms with Gasteiger partial charge in [-0.15, -0.1) is 0 Å². The monoisotopic (exact) mass is 398 g/mol. The van der Waals surface area contributed by atoms with Crippen molar-refractivity contribution in [2.45, 2.75) is 45.1 Å². The zero-order valence-corrected chi connectivity index (χ0v) is 17.0. The SMILES string of the molecule is CCCN(C(=NC(=O)c1ccc(Cl)cc1Cl)SC)C(C1CC1)C1CC1. The minimum absolute atomic E-state index is 0.294. The molecule has 0 saturated heterocycles. The van der Waals surface area contributed by atoms with E-state index in [9.17, 15) is 4.79 Å². The van der Waals surface area contributed by atoms with Crippen LogP contribution in [0.5, 0.6) is 0 Å². The van der Waals surface area contributed by atoms with Gasteiger partial charge in [0.2, 0.25) is 0 Å². The summed E-state index contributed by atoms with van der Waals surface area (Å²) in [4.78, 5) is 19.5. The first-order chi connectivity index (χ1) is 12.0. The number of thioether (sulfide) groups is 1. The molecule has 0 heterocycles. The maximum atomic E-state index is 12.7. The summed E-state index contributed by atoms with van der Waals surface area (Å²) in [5.41, 5.74) is 0.406. The van der Waals surface area contributed by atoms with Crippen LogP contribution in [0.2, 0.25) is 10.0 Å². The maximum Gasteiger partial charge on any atom is 0.280 e. The van der Waals surface area contributed by atoms with Crippen LogP contribution in [0.25, 0.3) is 0 Å². The first-order valence-electron chi connectivity index (χ1n) is 8.93. The first kappa shape index (κ1) is 19.1. The molecule has 3 rings (SSSR count). The number of nitrogens with zero attached hydrogens (tertiary/aromatic N) is 2. The fourth-order valence-corrected chi connectivity index (χ4v) is 4.53. The van der Waals surface area contributed by atoms with E-state index >= 15 is 0 Å². The molecule has 1 amide bonds. The van der Waals surface area contributed by atoms with Gasteiger partial charge in [0.05, 0.1) is 10.6 Å². The van der Waals surface area contributed by atoms with Crippen LogP contribution in [0.1, 0.15) is 49.4 Å². The second-order valence-electron chi connectivity index (χ2n) is 6.89. The van der Waals surface area contributed by atoms with Crippen LogP contribution in [-0.2, 0) is 0 Å². The van der Waals surface area contributed by atoms with Crippen molar-refractivity contribution in [1.29, 1.82) is 0 Å². The van der Waals surface area contributed by atoms with E-state index in [2.05, 4.69) is 16.8 Å². The Bertz CT molecular complexity index is 659. The van der Waals surface area contributed by atoms with E-state index in [0.717, 1.165) is 30.0 Å². The van der Waals surface area contributed by atoms with E-state index in [1.54, 1.807) is 30.0 Å². The van der Waals surface area contributed by atoms with E-state index in [-0.39, 0.29) is 5.91 Å². The minimum atomic E-state index is -0.294. The number of halogens is 2. The Morgan fingerprint density at radius 1 is 1.28 bits per heavy atom. The highest BCUT2D eigenvalue weighted by atomic mass is 35.5. The second-order valence-corrected chi connectivity index (χ2v) is 8.50. The first-order valence-corrected chi connectivity index (χ1v) is 10.9. The molecule has 25 heavy (non-hydrogen) atoms. The smallest absolute Gasteiger partial charge is 0.280 e. The number of hydrogen-bond acceptors (Lipinski definition) is 2. The lowest BCUT2D eigenvalue weighted by Crippen LogP contribution is -2.42. The van der Waals surface area contributed by atoms with E-state index in [1.165, 1.54) is 25.7 Å². The predicted molar refractivity (Wildman–Crippen MR) is 108 cm³/mol. The van der Waals surface area contributed by atoms with Gasteiger partial charge >= 0.3 is 0 Å².